The van der Waals surface area contributed by atoms with Gasteiger partial charge in [-0.1, -0.05) is 13.8 Å². The molecule has 0 unspecified atom stereocenters. The van der Waals surface area contributed by atoms with Gasteiger partial charge >= 0.3 is 0 Å². The van der Waals surface area contributed by atoms with Gasteiger partial charge in [0.25, 0.3) is 5.91 Å². The Kier molecular flexibility index (Phi) is 7.66. The van der Waals surface area contributed by atoms with E-state index in [9.17, 15) is 13.2 Å². The van der Waals surface area contributed by atoms with E-state index in [1.807, 2.05) is 0 Å². The predicted octanol–water partition coefficient (Wildman–Crippen LogP) is 1.77. The fraction of sp³-hybridized carbons (Fsp3) is 0.533. The first-order chi connectivity index (χ1) is 10.7. The molecular formula is C15H24BrN3O3S. The largest absolute Gasteiger partial charge is 0.351 e. The molecule has 1 N–H and O–H groups in total. The monoisotopic (exact) mass is 405 g/mol. The zero-order valence-electron chi connectivity index (χ0n) is 14.0. The van der Waals surface area contributed by atoms with Crippen LogP contribution in [0.2, 0.25) is 0 Å². The zero-order chi connectivity index (χ0) is 17.6. The van der Waals surface area contributed by atoms with Gasteiger partial charge < -0.3 is 10.2 Å². The Morgan fingerprint density at radius 3 is 2.35 bits per heavy atom. The van der Waals surface area contributed by atoms with Gasteiger partial charge in [0.2, 0.25) is 10.0 Å². The molecular weight excluding hydrogens is 382 g/mol. The molecule has 8 heteroatoms. The van der Waals surface area contributed by atoms with Crippen molar-refractivity contribution in [3.63, 3.8) is 0 Å². The van der Waals surface area contributed by atoms with Crippen LogP contribution >= 0.6 is 15.9 Å². The lowest BCUT2D eigenvalue weighted by molar-refractivity contribution is 0.0948. The van der Waals surface area contributed by atoms with Crippen molar-refractivity contribution in [2.45, 2.75) is 18.7 Å². The van der Waals surface area contributed by atoms with Crippen LogP contribution in [0.15, 0.2) is 27.6 Å². The molecule has 0 spiro atoms. The number of hydrogen-bond donors (Lipinski definition) is 1. The second kappa shape index (κ2) is 8.77. The summed E-state index contributed by atoms with van der Waals surface area (Å²) in [5.74, 6) is -0.278. The first kappa shape index (κ1) is 20.1. The van der Waals surface area contributed by atoms with E-state index in [0.717, 1.165) is 23.9 Å². The third-order valence-corrected chi connectivity index (χ3v) is 6.37. The SMILES string of the molecule is CCN(CC)CCNC(=O)c1ccc(Br)c(S(=O)(=O)N(C)C)c1. The molecule has 23 heavy (non-hydrogen) atoms. The first-order valence-corrected chi connectivity index (χ1v) is 9.70. The molecule has 0 fully saturated rings. The Balaban J connectivity index is 2.88. The third kappa shape index (κ3) is 5.27. The van der Waals surface area contributed by atoms with Gasteiger partial charge in [-0.2, -0.15) is 0 Å². The maximum Gasteiger partial charge on any atom is 0.251 e. The summed E-state index contributed by atoms with van der Waals surface area (Å²) >= 11 is 3.23. The van der Waals surface area contributed by atoms with Crippen LogP contribution in [-0.4, -0.2) is 63.8 Å². The summed E-state index contributed by atoms with van der Waals surface area (Å²) in [6.45, 7) is 7.27. The Morgan fingerprint density at radius 1 is 1.22 bits per heavy atom. The van der Waals surface area contributed by atoms with Crippen molar-refractivity contribution >= 4 is 31.9 Å². The number of nitrogens with zero attached hydrogens (tertiary/aromatic N) is 2. The van der Waals surface area contributed by atoms with E-state index >= 15 is 0 Å². The van der Waals surface area contributed by atoms with E-state index in [4.69, 9.17) is 0 Å². The molecule has 0 aliphatic carbocycles. The number of likely N-dealkylation sites (N-methyl/N-ethyl adjacent to an activating group) is 1. The number of halogens is 1. The van der Waals surface area contributed by atoms with Crippen LogP contribution in [0.4, 0.5) is 0 Å². The van der Waals surface area contributed by atoms with Gasteiger partial charge in [0.15, 0.2) is 0 Å². The van der Waals surface area contributed by atoms with Gasteiger partial charge in [-0.05, 0) is 47.2 Å². The number of hydrogen-bond acceptors (Lipinski definition) is 4. The van der Waals surface area contributed by atoms with E-state index in [1.165, 1.54) is 20.2 Å². The second-order valence-electron chi connectivity index (χ2n) is 5.22. The van der Waals surface area contributed by atoms with Crippen LogP contribution in [0.3, 0.4) is 0 Å². The molecule has 0 aliphatic heterocycles. The first-order valence-electron chi connectivity index (χ1n) is 7.46. The van der Waals surface area contributed by atoms with Crippen LogP contribution in [0, 0.1) is 0 Å². The summed E-state index contributed by atoms with van der Waals surface area (Å²) in [5, 5.41) is 2.82. The number of rotatable bonds is 8. The highest BCUT2D eigenvalue weighted by Gasteiger charge is 2.22. The highest BCUT2D eigenvalue weighted by atomic mass is 79.9. The second-order valence-corrected chi connectivity index (χ2v) is 8.19. The van der Waals surface area contributed by atoms with Gasteiger partial charge in [-0.25, -0.2) is 12.7 Å². The number of carbonyl (C=O) groups excluding carboxylic acids is 1. The highest BCUT2D eigenvalue weighted by molar-refractivity contribution is 9.10. The minimum Gasteiger partial charge on any atom is -0.351 e. The normalized spacial score (nSPS) is 12.0. The predicted molar refractivity (Wildman–Crippen MR) is 95.1 cm³/mol. The quantitative estimate of drug-likeness (QED) is 0.715. The van der Waals surface area contributed by atoms with Crippen LogP contribution < -0.4 is 5.32 Å². The Labute approximate surface area is 147 Å². The van der Waals surface area contributed by atoms with Gasteiger partial charge in [0.1, 0.15) is 0 Å². The van der Waals surface area contributed by atoms with Crippen LogP contribution in [-0.2, 0) is 10.0 Å². The Bertz CT molecular complexity index is 643. The van der Waals surface area contributed by atoms with Crippen molar-refractivity contribution in [3.05, 3.63) is 28.2 Å². The van der Waals surface area contributed by atoms with Crippen LogP contribution in [0.5, 0.6) is 0 Å². The zero-order valence-corrected chi connectivity index (χ0v) is 16.4. The lowest BCUT2D eigenvalue weighted by atomic mass is 10.2. The summed E-state index contributed by atoms with van der Waals surface area (Å²) in [6, 6.07) is 4.58. The number of sulfonamides is 1. The fourth-order valence-electron chi connectivity index (χ4n) is 2.01. The molecule has 1 aromatic carbocycles. The Hall–Kier alpha value is -0.960. The summed E-state index contributed by atoms with van der Waals surface area (Å²) in [6.07, 6.45) is 0. The van der Waals surface area contributed by atoms with Crippen LogP contribution in [0.25, 0.3) is 0 Å². The van der Waals surface area contributed by atoms with Crippen molar-refractivity contribution in [3.8, 4) is 0 Å². The summed E-state index contributed by atoms with van der Waals surface area (Å²) < 4.78 is 26.1. The molecule has 0 saturated carbocycles. The molecule has 1 aromatic rings. The summed E-state index contributed by atoms with van der Waals surface area (Å²) in [5.41, 5.74) is 0.327. The summed E-state index contributed by atoms with van der Waals surface area (Å²) in [4.78, 5) is 14.5. The van der Waals surface area contributed by atoms with Gasteiger partial charge in [0.05, 0.1) is 4.90 Å². The lowest BCUT2D eigenvalue weighted by Crippen LogP contribution is -2.34. The summed E-state index contributed by atoms with van der Waals surface area (Å²) in [7, 11) is -0.693. The molecule has 0 bridgehead atoms. The fourth-order valence-corrected chi connectivity index (χ4v) is 3.85. The van der Waals surface area contributed by atoms with Gasteiger partial charge in [-0.3, -0.25) is 4.79 Å². The van der Waals surface area contributed by atoms with Crippen molar-refractivity contribution < 1.29 is 13.2 Å². The molecule has 0 atom stereocenters. The molecule has 0 aromatic heterocycles. The van der Waals surface area contributed by atoms with Gasteiger partial charge in [0, 0.05) is 37.2 Å². The van der Waals surface area contributed by atoms with E-state index in [1.54, 1.807) is 12.1 Å². The molecule has 0 saturated heterocycles. The van der Waals surface area contributed by atoms with E-state index in [0.29, 0.717) is 16.6 Å². The van der Waals surface area contributed by atoms with Gasteiger partial charge in [-0.15, -0.1) is 0 Å². The minimum atomic E-state index is -3.61. The molecule has 0 radical (unpaired) electrons. The highest BCUT2D eigenvalue weighted by Crippen LogP contribution is 2.25. The Morgan fingerprint density at radius 2 is 1.83 bits per heavy atom. The molecule has 6 nitrogen and oxygen atoms in total. The maximum atomic E-state index is 12.3. The van der Waals surface area contributed by atoms with E-state index < -0.39 is 10.0 Å². The molecule has 0 aliphatic rings. The average molecular weight is 406 g/mol. The number of nitrogens with one attached hydrogen (secondary N) is 1. The number of amides is 1. The third-order valence-electron chi connectivity index (χ3n) is 3.56. The maximum absolute atomic E-state index is 12.3. The van der Waals surface area contributed by atoms with Crippen LogP contribution in [0.1, 0.15) is 24.2 Å². The molecule has 130 valence electrons. The standard InChI is InChI=1S/C15H24BrN3O3S/c1-5-19(6-2)10-9-17-15(20)12-7-8-13(16)14(11-12)23(21,22)18(3)4/h7-8,11H,5-6,9-10H2,1-4H3,(H,17,20). The number of benzene rings is 1. The topological polar surface area (TPSA) is 69.7 Å². The van der Waals surface area contributed by atoms with E-state index in [2.05, 4.69) is 40.0 Å². The average Bonchev–Trinajstić information content (AvgIpc) is 2.51. The molecule has 1 rings (SSSR count). The van der Waals surface area contributed by atoms with E-state index in [-0.39, 0.29) is 10.8 Å². The van der Waals surface area contributed by atoms with Crippen molar-refractivity contribution in [2.75, 3.05) is 40.3 Å². The smallest absolute Gasteiger partial charge is 0.251 e. The van der Waals surface area contributed by atoms with Crippen molar-refractivity contribution in [1.82, 2.24) is 14.5 Å². The van der Waals surface area contributed by atoms with Crippen molar-refractivity contribution in [2.24, 2.45) is 0 Å². The lowest BCUT2D eigenvalue weighted by Gasteiger charge is -2.18. The minimum absolute atomic E-state index is 0.0823. The van der Waals surface area contributed by atoms with Crippen molar-refractivity contribution in [1.29, 1.82) is 0 Å². The molecule has 0 heterocycles. The number of carbonyl (C=O) groups is 1. The molecule has 1 amide bonds.